The van der Waals surface area contributed by atoms with Crippen molar-refractivity contribution in [1.82, 2.24) is 15.5 Å². The minimum Gasteiger partial charge on any atom is -0.381 e. The fourth-order valence-corrected chi connectivity index (χ4v) is 2.34. The quantitative estimate of drug-likeness (QED) is 0.864. The number of carbonyl (C=O) groups is 1. The largest absolute Gasteiger partial charge is 0.381 e. The van der Waals surface area contributed by atoms with Crippen LogP contribution in [0.25, 0.3) is 0 Å². The van der Waals surface area contributed by atoms with E-state index in [9.17, 15) is 4.79 Å². The molecule has 1 aromatic rings. The van der Waals surface area contributed by atoms with Crippen molar-refractivity contribution in [3.05, 3.63) is 17.8 Å². The highest BCUT2D eigenvalue weighted by molar-refractivity contribution is 5.92. The van der Waals surface area contributed by atoms with Crippen LogP contribution >= 0.6 is 0 Å². The van der Waals surface area contributed by atoms with Crippen molar-refractivity contribution in [1.29, 1.82) is 0 Å². The highest BCUT2D eigenvalue weighted by Crippen LogP contribution is 2.31. The summed E-state index contributed by atoms with van der Waals surface area (Å²) in [6, 6.07) is 4.22. The number of nitrogens with one attached hydrogen (secondary N) is 2. The Labute approximate surface area is 118 Å². The van der Waals surface area contributed by atoms with Crippen molar-refractivity contribution in [2.75, 3.05) is 18.5 Å². The number of hydrogen-bond acceptors (Lipinski definition) is 5. The van der Waals surface area contributed by atoms with Crippen molar-refractivity contribution in [2.24, 2.45) is 5.92 Å². The molecule has 2 aliphatic rings. The number of amides is 1. The number of nitrogens with zero attached hydrogens (tertiary/aromatic N) is 2. The van der Waals surface area contributed by atoms with Gasteiger partial charge in [0.15, 0.2) is 5.69 Å². The van der Waals surface area contributed by atoms with Crippen molar-refractivity contribution in [2.45, 2.75) is 38.3 Å². The van der Waals surface area contributed by atoms with Gasteiger partial charge < -0.3 is 15.4 Å². The number of ether oxygens (including phenoxy) is 1. The minimum atomic E-state index is -0.157. The van der Waals surface area contributed by atoms with Crippen LogP contribution in [0.5, 0.6) is 0 Å². The first-order valence-electron chi connectivity index (χ1n) is 7.21. The topological polar surface area (TPSA) is 76.1 Å². The third kappa shape index (κ3) is 3.25. The van der Waals surface area contributed by atoms with Gasteiger partial charge >= 0.3 is 0 Å². The maximum absolute atomic E-state index is 12.0. The second-order valence-electron chi connectivity index (χ2n) is 5.63. The van der Waals surface area contributed by atoms with Gasteiger partial charge in [-0.15, -0.1) is 10.2 Å². The molecule has 0 spiro atoms. The summed E-state index contributed by atoms with van der Waals surface area (Å²) in [6.07, 6.45) is 2.89. The SMILES string of the molecule is CC1CC1Nc1ccc(C(=O)NC2CCOCC2)nn1. The predicted molar refractivity (Wildman–Crippen MR) is 74.5 cm³/mol. The number of anilines is 1. The summed E-state index contributed by atoms with van der Waals surface area (Å²) in [4.78, 5) is 12.0. The lowest BCUT2D eigenvalue weighted by Gasteiger charge is -2.22. The Hall–Kier alpha value is -1.69. The standard InChI is InChI=1S/C14H20N4O2/c1-9-8-12(9)16-13-3-2-11(17-18-13)14(19)15-10-4-6-20-7-5-10/h2-3,9-10,12H,4-8H2,1H3,(H,15,19)(H,16,18). The molecule has 6 nitrogen and oxygen atoms in total. The first-order valence-corrected chi connectivity index (χ1v) is 7.21. The zero-order valence-corrected chi connectivity index (χ0v) is 11.6. The van der Waals surface area contributed by atoms with E-state index in [0.29, 0.717) is 30.9 Å². The molecule has 2 fully saturated rings. The Bertz CT molecular complexity index is 471. The molecule has 0 bridgehead atoms. The van der Waals surface area contributed by atoms with E-state index < -0.39 is 0 Å². The van der Waals surface area contributed by atoms with Crippen LogP contribution in [-0.4, -0.2) is 41.4 Å². The van der Waals surface area contributed by atoms with E-state index in [2.05, 4.69) is 27.8 Å². The second-order valence-corrected chi connectivity index (χ2v) is 5.63. The van der Waals surface area contributed by atoms with Crippen molar-refractivity contribution in [3.8, 4) is 0 Å². The van der Waals surface area contributed by atoms with Crippen LogP contribution in [0.1, 0.15) is 36.7 Å². The van der Waals surface area contributed by atoms with E-state index >= 15 is 0 Å². The van der Waals surface area contributed by atoms with E-state index in [1.54, 1.807) is 6.07 Å². The van der Waals surface area contributed by atoms with E-state index in [1.165, 1.54) is 6.42 Å². The van der Waals surface area contributed by atoms with E-state index in [-0.39, 0.29) is 11.9 Å². The molecule has 0 aromatic carbocycles. The van der Waals surface area contributed by atoms with Gasteiger partial charge in [-0.2, -0.15) is 0 Å². The lowest BCUT2D eigenvalue weighted by molar-refractivity contribution is 0.0693. The lowest BCUT2D eigenvalue weighted by Crippen LogP contribution is -2.39. The van der Waals surface area contributed by atoms with Gasteiger partial charge in [0.2, 0.25) is 0 Å². The van der Waals surface area contributed by atoms with E-state index in [1.807, 2.05) is 6.07 Å². The zero-order valence-electron chi connectivity index (χ0n) is 11.6. The third-order valence-corrected chi connectivity index (χ3v) is 3.90. The Morgan fingerprint density at radius 3 is 2.65 bits per heavy atom. The molecule has 1 aromatic heterocycles. The van der Waals surface area contributed by atoms with E-state index in [0.717, 1.165) is 18.7 Å². The third-order valence-electron chi connectivity index (χ3n) is 3.90. The van der Waals surface area contributed by atoms with Gasteiger partial charge in [-0.05, 0) is 37.3 Å². The molecular formula is C14H20N4O2. The highest BCUT2D eigenvalue weighted by atomic mass is 16.5. The smallest absolute Gasteiger partial charge is 0.272 e. The molecule has 0 radical (unpaired) electrons. The monoisotopic (exact) mass is 276 g/mol. The first kappa shape index (κ1) is 13.3. The zero-order chi connectivity index (χ0) is 13.9. The van der Waals surface area contributed by atoms with Crippen LogP contribution in [0.3, 0.4) is 0 Å². The van der Waals surface area contributed by atoms with Crippen LogP contribution in [-0.2, 0) is 4.74 Å². The van der Waals surface area contributed by atoms with E-state index in [4.69, 9.17) is 4.74 Å². The van der Waals surface area contributed by atoms with Gasteiger partial charge in [0.1, 0.15) is 5.82 Å². The fraction of sp³-hybridized carbons (Fsp3) is 0.643. The van der Waals surface area contributed by atoms with Crippen LogP contribution in [0, 0.1) is 5.92 Å². The summed E-state index contributed by atoms with van der Waals surface area (Å²) in [6.45, 7) is 3.61. The Kier molecular flexibility index (Phi) is 3.82. The molecule has 2 N–H and O–H groups in total. The molecule has 2 unspecified atom stereocenters. The summed E-state index contributed by atoms with van der Waals surface area (Å²) < 4.78 is 5.27. The molecule has 1 saturated carbocycles. The molecule has 108 valence electrons. The molecule has 3 rings (SSSR count). The molecule has 1 aliphatic carbocycles. The molecular weight excluding hydrogens is 256 g/mol. The summed E-state index contributed by atoms with van der Waals surface area (Å²) >= 11 is 0. The number of carbonyl (C=O) groups excluding carboxylic acids is 1. The Morgan fingerprint density at radius 2 is 2.05 bits per heavy atom. The van der Waals surface area contributed by atoms with Crippen LogP contribution in [0.4, 0.5) is 5.82 Å². The average Bonchev–Trinajstić information content (AvgIpc) is 3.16. The molecule has 1 aliphatic heterocycles. The number of aromatic nitrogens is 2. The van der Waals surface area contributed by atoms with Gasteiger partial charge in [0.05, 0.1) is 0 Å². The van der Waals surface area contributed by atoms with Crippen molar-refractivity contribution >= 4 is 11.7 Å². The molecule has 2 atom stereocenters. The highest BCUT2D eigenvalue weighted by Gasteiger charge is 2.32. The van der Waals surface area contributed by atoms with Gasteiger partial charge in [-0.25, -0.2) is 0 Å². The molecule has 1 saturated heterocycles. The molecule has 1 amide bonds. The second kappa shape index (κ2) is 5.75. The first-order chi connectivity index (χ1) is 9.72. The number of hydrogen-bond donors (Lipinski definition) is 2. The predicted octanol–water partition coefficient (Wildman–Crippen LogP) is 1.21. The van der Waals surface area contributed by atoms with Crippen molar-refractivity contribution < 1.29 is 9.53 Å². The normalized spacial score (nSPS) is 26.1. The van der Waals surface area contributed by atoms with Gasteiger partial charge in [0, 0.05) is 25.3 Å². The maximum atomic E-state index is 12.0. The van der Waals surface area contributed by atoms with Crippen LogP contribution in [0.2, 0.25) is 0 Å². The molecule has 6 heteroatoms. The Balaban J connectivity index is 1.54. The minimum absolute atomic E-state index is 0.157. The fourth-order valence-electron chi connectivity index (χ4n) is 2.34. The van der Waals surface area contributed by atoms with Crippen LogP contribution in [0.15, 0.2) is 12.1 Å². The summed E-state index contributed by atoms with van der Waals surface area (Å²) in [7, 11) is 0. The summed E-state index contributed by atoms with van der Waals surface area (Å²) in [5, 5.41) is 14.3. The van der Waals surface area contributed by atoms with Gasteiger partial charge in [0.25, 0.3) is 5.91 Å². The van der Waals surface area contributed by atoms with Crippen molar-refractivity contribution in [3.63, 3.8) is 0 Å². The molecule has 2 heterocycles. The lowest BCUT2D eigenvalue weighted by atomic mass is 10.1. The van der Waals surface area contributed by atoms with Crippen LogP contribution < -0.4 is 10.6 Å². The molecule has 20 heavy (non-hydrogen) atoms. The summed E-state index contributed by atoms with van der Waals surface area (Å²) in [5.74, 6) is 1.28. The van der Waals surface area contributed by atoms with Gasteiger partial charge in [-0.1, -0.05) is 6.92 Å². The average molecular weight is 276 g/mol. The number of rotatable bonds is 4. The van der Waals surface area contributed by atoms with Gasteiger partial charge in [-0.3, -0.25) is 4.79 Å². The Morgan fingerprint density at radius 1 is 1.30 bits per heavy atom. The maximum Gasteiger partial charge on any atom is 0.272 e. The summed E-state index contributed by atoms with van der Waals surface area (Å²) in [5.41, 5.74) is 0.367.